The Kier molecular flexibility index (Phi) is 3.13. The van der Waals surface area contributed by atoms with E-state index in [2.05, 4.69) is 6.92 Å². The van der Waals surface area contributed by atoms with Crippen LogP contribution in [0.15, 0.2) is 18.2 Å². The van der Waals surface area contributed by atoms with E-state index in [1.54, 1.807) is 0 Å². The van der Waals surface area contributed by atoms with Crippen molar-refractivity contribution in [1.29, 1.82) is 0 Å². The highest BCUT2D eigenvalue weighted by Gasteiger charge is 2.23. The standard InChI is InChI=1S/C13H18N2O/c1-2-3-8-15-12-9-11(14)6-4-10(12)5-7-13(15)16/h4,6,9H,2-3,5,7-8,14H2,1H3. The third kappa shape index (κ3) is 2.03. The molecule has 2 N–H and O–H groups in total. The summed E-state index contributed by atoms with van der Waals surface area (Å²) in [5.41, 5.74) is 8.77. The van der Waals surface area contributed by atoms with Gasteiger partial charge >= 0.3 is 0 Å². The number of nitrogen functional groups attached to an aromatic ring is 1. The average Bonchev–Trinajstić information content (AvgIpc) is 2.28. The summed E-state index contributed by atoms with van der Waals surface area (Å²) in [6, 6.07) is 5.87. The summed E-state index contributed by atoms with van der Waals surface area (Å²) in [6.45, 7) is 2.94. The maximum absolute atomic E-state index is 11.9. The number of unbranched alkanes of at least 4 members (excludes halogenated alkanes) is 1. The molecule has 0 aromatic heterocycles. The van der Waals surface area contributed by atoms with Crippen molar-refractivity contribution in [3.8, 4) is 0 Å². The third-order valence-corrected chi connectivity index (χ3v) is 3.04. The van der Waals surface area contributed by atoms with E-state index >= 15 is 0 Å². The zero-order chi connectivity index (χ0) is 11.5. The Hall–Kier alpha value is -1.51. The summed E-state index contributed by atoms with van der Waals surface area (Å²) in [5, 5.41) is 0. The molecule has 0 fully saturated rings. The fourth-order valence-corrected chi connectivity index (χ4v) is 2.12. The van der Waals surface area contributed by atoms with Crippen LogP contribution in [0.25, 0.3) is 0 Å². The molecule has 0 spiro atoms. The molecule has 0 saturated heterocycles. The summed E-state index contributed by atoms with van der Waals surface area (Å²) < 4.78 is 0. The van der Waals surface area contributed by atoms with E-state index in [0.29, 0.717) is 6.42 Å². The van der Waals surface area contributed by atoms with Gasteiger partial charge in [-0.05, 0) is 30.5 Å². The van der Waals surface area contributed by atoms with E-state index in [9.17, 15) is 4.79 Å². The Labute approximate surface area is 96.2 Å². The number of amides is 1. The van der Waals surface area contributed by atoms with Crippen LogP contribution in [0.5, 0.6) is 0 Å². The van der Waals surface area contributed by atoms with Gasteiger partial charge in [0.25, 0.3) is 0 Å². The van der Waals surface area contributed by atoms with Gasteiger partial charge in [0.15, 0.2) is 0 Å². The molecular formula is C13H18N2O. The minimum atomic E-state index is 0.228. The molecule has 16 heavy (non-hydrogen) atoms. The molecule has 1 aliphatic heterocycles. The summed E-state index contributed by atoms with van der Waals surface area (Å²) in [4.78, 5) is 13.7. The minimum Gasteiger partial charge on any atom is -0.399 e. The first-order valence-corrected chi connectivity index (χ1v) is 5.91. The topological polar surface area (TPSA) is 46.3 Å². The second-order valence-corrected chi connectivity index (χ2v) is 4.29. The number of anilines is 2. The van der Waals surface area contributed by atoms with E-state index in [1.807, 2.05) is 23.1 Å². The molecule has 0 aliphatic carbocycles. The maximum Gasteiger partial charge on any atom is 0.227 e. The van der Waals surface area contributed by atoms with Crippen LogP contribution in [0, 0.1) is 0 Å². The van der Waals surface area contributed by atoms with Crippen LogP contribution in [-0.4, -0.2) is 12.5 Å². The van der Waals surface area contributed by atoms with Crippen LogP contribution < -0.4 is 10.6 Å². The van der Waals surface area contributed by atoms with Crippen LogP contribution in [0.2, 0.25) is 0 Å². The number of rotatable bonds is 3. The molecule has 3 heteroatoms. The van der Waals surface area contributed by atoms with E-state index in [4.69, 9.17) is 5.73 Å². The molecule has 0 saturated carbocycles. The fourth-order valence-electron chi connectivity index (χ4n) is 2.12. The highest BCUT2D eigenvalue weighted by Crippen LogP contribution is 2.29. The zero-order valence-corrected chi connectivity index (χ0v) is 9.70. The van der Waals surface area contributed by atoms with Crippen molar-refractivity contribution in [1.82, 2.24) is 0 Å². The average molecular weight is 218 g/mol. The number of hydrogen-bond acceptors (Lipinski definition) is 2. The molecule has 0 atom stereocenters. The molecule has 1 aliphatic rings. The number of carbonyl (C=O) groups excluding carboxylic acids is 1. The van der Waals surface area contributed by atoms with Crippen molar-refractivity contribution in [2.24, 2.45) is 0 Å². The Bertz CT molecular complexity index is 401. The van der Waals surface area contributed by atoms with Gasteiger partial charge in [0.2, 0.25) is 5.91 Å². The summed E-state index contributed by atoms with van der Waals surface area (Å²) in [7, 11) is 0. The highest BCUT2D eigenvalue weighted by atomic mass is 16.2. The summed E-state index contributed by atoms with van der Waals surface area (Å²) >= 11 is 0. The Balaban J connectivity index is 2.31. The van der Waals surface area contributed by atoms with Gasteiger partial charge < -0.3 is 10.6 Å². The van der Waals surface area contributed by atoms with Gasteiger partial charge in [0.05, 0.1) is 0 Å². The molecule has 1 amide bonds. The normalized spacial score (nSPS) is 15.1. The lowest BCUT2D eigenvalue weighted by Crippen LogP contribution is -2.35. The van der Waals surface area contributed by atoms with E-state index in [1.165, 1.54) is 5.56 Å². The second-order valence-electron chi connectivity index (χ2n) is 4.29. The molecule has 0 unspecified atom stereocenters. The monoisotopic (exact) mass is 218 g/mol. The molecule has 1 aromatic rings. The number of fused-ring (bicyclic) bond motifs is 1. The first-order chi connectivity index (χ1) is 7.72. The minimum absolute atomic E-state index is 0.228. The van der Waals surface area contributed by atoms with Gasteiger partial charge in [0.1, 0.15) is 0 Å². The summed E-state index contributed by atoms with van der Waals surface area (Å²) in [6.07, 6.45) is 3.61. The SMILES string of the molecule is CCCCN1C(=O)CCc2ccc(N)cc21. The second kappa shape index (κ2) is 4.56. The number of hydrogen-bond donors (Lipinski definition) is 1. The van der Waals surface area contributed by atoms with E-state index in [0.717, 1.165) is 37.2 Å². The van der Waals surface area contributed by atoms with Crippen molar-refractivity contribution < 1.29 is 4.79 Å². The predicted molar refractivity (Wildman–Crippen MR) is 66.4 cm³/mol. The third-order valence-electron chi connectivity index (χ3n) is 3.04. The molecule has 3 nitrogen and oxygen atoms in total. The smallest absolute Gasteiger partial charge is 0.227 e. The maximum atomic E-state index is 11.9. The van der Waals surface area contributed by atoms with Crippen molar-refractivity contribution in [2.75, 3.05) is 17.2 Å². The van der Waals surface area contributed by atoms with Gasteiger partial charge in [-0.25, -0.2) is 0 Å². The number of carbonyl (C=O) groups is 1. The van der Waals surface area contributed by atoms with Gasteiger partial charge in [-0.1, -0.05) is 19.4 Å². The van der Waals surface area contributed by atoms with Crippen molar-refractivity contribution >= 4 is 17.3 Å². The Morgan fingerprint density at radius 1 is 1.38 bits per heavy atom. The van der Waals surface area contributed by atoms with Gasteiger partial charge in [-0.3, -0.25) is 4.79 Å². The largest absolute Gasteiger partial charge is 0.399 e. The molecule has 86 valence electrons. The lowest BCUT2D eigenvalue weighted by Gasteiger charge is -2.29. The number of benzene rings is 1. The van der Waals surface area contributed by atoms with Crippen LogP contribution in [-0.2, 0) is 11.2 Å². The predicted octanol–water partition coefficient (Wildman–Crippen LogP) is 2.35. The fraction of sp³-hybridized carbons (Fsp3) is 0.462. The number of aryl methyl sites for hydroxylation is 1. The molecule has 2 rings (SSSR count). The Morgan fingerprint density at radius 3 is 2.94 bits per heavy atom. The van der Waals surface area contributed by atoms with Crippen molar-refractivity contribution in [3.05, 3.63) is 23.8 Å². The molecule has 0 radical (unpaired) electrons. The zero-order valence-electron chi connectivity index (χ0n) is 9.70. The highest BCUT2D eigenvalue weighted by molar-refractivity contribution is 5.96. The van der Waals surface area contributed by atoms with Gasteiger partial charge in [-0.15, -0.1) is 0 Å². The van der Waals surface area contributed by atoms with Gasteiger partial charge in [-0.2, -0.15) is 0 Å². The van der Waals surface area contributed by atoms with Crippen LogP contribution in [0.4, 0.5) is 11.4 Å². The van der Waals surface area contributed by atoms with E-state index < -0.39 is 0 Å². The van der Waals surface area contributed by atoms with Crippen LogP contribution in [0.3, 0.4) is 0 Å². The first kappa shape index (κ1) is 11.0. The molecule has 1 heterocycles. The number of nitrogens with two attached hydrogens (primary N) is 1. The van der Waals surface area contributed by atoms with Crippen molar-refractivity contribution in [2.45, 2.75) is 32.6 Å². The van der Waals surface area contributed by atoms with E-state index in [-0.39, 0.29) is 5.91 Å². The van der Waals surface area contributed by atoms with Crippen LogP contribution in [0.1, 0.15) is 31.7 Å². The first-order valence-electron chi connectivity index (χ1n) is 5.91. The van der Waals surface area contributed by atoms with Gasteiger partial charge in [0, 0.05) is 24.3 Å². The number of nitrogens with zero attached hydrogens (tertiary/aromatic N) is 1. The lowest BCUT2D eigenvalue weighted by atomic mass is 10.0. The van der Waals surface area contributed by atoms with Crippen molar-refractivity contribution in [3.63, 3.8) is 0 Å². The van der Waals surface area contributed by atoms with Crippen LogP contribution >= 0.6 is 0 Å². The summed E-state index contributed by atoms with van der Waals surface area (Å²) in [5.74, 6) is 0.228. The molecule has 0 bridgehead atoms. The quantitative estimate of drug-likeness (QED) is 0.791. The Morgan fingerprint density at radius 2 is 2.19 bits per heavy atom. The molecular weight excluding hydrogens is 200 g/mol. The lowest BCUT2D eigenvalue weighted by molar-refractivity contribution is -0.118. The molecule has 1 aromatic carbocycles.